The van der Waals surface area contributed by atoms with E-state index in [9.17, 15) is 19.6 Å². The third kappa shape index (κ3) is 8.33. The number of para-hydroxylation sites is 1. The molecular weight excluding hydrogens is 806 g/mol. The zero-order valence-corrected chi connectivity index (χ0v) is 36.2. The molecule has 3 aromatic carbocycles. The van der Waals surface area contributed by atoms with E-state index in [-0.39, 0.29) is 23.4 Å². The fourth-order valence-corrected chi connectivity index (χ4v) is 9.72. The van der Waals surface area contributed by atoms with Gasteiger partial charge in [0.1, 0.15) is 18.4 Å². The molecule has 2 amide bonds. The summed E-state index contributed by atoms with van der Waals surface area (Å²) in [4.78, 5) is 54.6. The topological polar surface area (TPSA) is 148 Å². The van der Waals surface area contributed by atoms with Gasteiger partial charge in [0, 0.05) is 108 Å². The summed E-state index contributed by atoms with van der Waals surface area (Å²) in [6.45, 7) is 14.8. The average Bonchev–Trinajstić information content (AvgIpc) is 3.53. The van der Waals surface area contributed by atoms with Gasteiger partial charge < -0.3 is 9.64 Å². The van der Waals surface area contributed by atoms with Crippen LogP contribution in [0.15, 0.2) is 77.7 Å². The summed E-state index contributed by atoms with van der Waals surface area (Å²) in [6, 6.07) is 23.4. The molecule has 1 atom stereocenters. The van der Waals surface area contributed by atoms with Crippen molar-refractivity contribution >= 4 is 40.4 Å². The standard InChI is InChI=1S/C46H52ClN11O4/c1-46(2,34-23-31(26-48)24-35(47)25-34)33-7-9-38(10-8-33)62-30-36-13-14-49-44(50-36)55-17-21-57(22-18-55)56-19-15-54(16-20-56)37-28-53(29-37)27-32-5-4-6-39-42(32)52(3)45(61)58(39)40-11-12-41(59)51-43(40)60/h4-10,13-14,23-25,37,40H,11-12,15-22,27-30H2,1-3H3,(H,51,59,60). The number of piperazine rings is 2. The van der Waals surface area contributed by atoms with E-state index in [1.54, 1.807) is 22.2 Å². The Kier molecular flexibility index (Phi) is 11.6. The lowest BCUT2D eigenvalue weighted by molar-refractivity contribution is -0.135. The number of ether oxygens (including phenoxy) is 1. The number of fused-ring (bicyclic) bond motifs is 1. The van der Waals surface area contributed by atoms with Gasteiger partial charge in [0.25, 0.3) is 0 Å². The maximum absolute atomic E-state index is 13.4. The van der Waals surface area contributed by atoms with Crippen LogP contribution in [0.1, 0.15) is 60.7 Å². The van der Waals surface area contributed by atoms with E-state index in [0.717, 1.165) is 117 Å². The summed E-state index contributed by atoms with van der Waals surface area (Å²) in [6.07, 6.45) is 2.36. The van der Waals surface area contributed by atoms with Crippen LogP contribution in [0.4, 0.5) is 5.95 Å². The van der Waals surface area contributed by atoms with E-state index in [1.165, 1.54) is 0 Å². The van der Waals surface area contributed by atoms with Gasteiger partial charge >= 0.3 is 5.69 Å². The number of hydrogen-bond donors (Lipinski definition) is 1. The van der Waals surface area contributed by atoms with Gasteiger partial charge in [0.2, 0.25) is 17.8 Å². The predicted octanol–water partition coefficient (Wildman–Crippen LogP) is 4.08. The van der Waals surface area contributed by atoms with Gasteiger partial charge in [-0.15, -0.1) is 0 Å². The molecule has 1 unspecified atom stereocenters. The van der Waals surface area contributed by atoms with Crippen molar-refractivity contribution < 1.29 is 14.3 Å². The van der Waals surface area contributed by atoms with Crippen molar-refractivity contribution in [2.45, 2.75) is 57.3 Å². The van der Waals surface area contributed by atoms with Gasteiger partial charge in [0.15, 0.2) is 0 Å². The fraction of sp³-hybridized carbons (Fsp3) is 0.435. The maximum Gasteiger partial charge on any atom is 0.329 e. The molecule has 0 aliphatic carbocycles. The Hall–Kier alpha value is -5.63. The van der Waals surface area contributed by atoms with Crippen LogP contribution >= 0.6 is 11.6 Å². The number of nitrogens with one attached hydrogen (secondary N) is 1. The molecule has 4 aliphatic heterocycles. The van der Waals surface area contributed by atoms with Gasteiger partial charge in [-0.05, 0) is 65.6 Å². The lowest BCUT2D eigenvalue weighted by atomic mass is 9.78. The molecule has 1 N–H and O–H groups in total. The highest BCUT2D eigenvalue weighted by Crippen LogP contribution is 2.35. The number of hydrazine groups is 1. The smallest absolute Gasteiger partial charge is 0.329 e. The third-order valence-corrected chi connectivity index (χ3v) is 13.4. The van der Waals surface area contributed by atoms with Crippen molar-refractivity contribution in [3.8, 4) is 11.8 Å². The zero-order chi connectivity index (χ0) is 43.1. The lowest BCUT2D eigenvalue weighted by Gasteiger charge is -2.50. The van der Waals surface area contributed by atoms with E-state index in [0.29, 0.717) is 29.7 Å². The number of imidazole rings is 1. The van der Waals surface area contributed by atoms with Crippen molar-refractivity contribution in [3.05, 3.63) is 116 Å². The first-order valence-electron chi connectivity index (χ1n) is 21.5. The monoisotopic (exact) mass is 857 g/mol. The number of carbonyl (C=O) groups excluding carboxylic acids is 2. The molecule has 0 bridgehead atoms. The second kappa shape index (κ2) is 17.3. The number of carbonyl (C=O) groups is 2. The molecule has 4 aliphatic rings. The van der Waals surface area contributed by atoms with Crippen LogP contribution < -0.4 is 20.6 Å². The number of nitrogens with zero attached hydrogens (tertiary/aromatic N) is 10. The number of likely N-dealkylation sites (tertiary alicyclic amines) is 1. The molecule has 0 saturated carbocycles. The Morgan fingerprint density at radius 1 is 0.903 bits per heavy atom. The number of piperidine rings is 1. The van der Waals surface area contributed by atoms with Crippen LogP contribution in [0.25, 0.3) is 11.0 Å². The number of hydrogen-bond acceptors (Lipinski definition) is 12. The minimum Gasteiger partial charge on any atom is -0.487 e. The van der Waals surface area contributed by atoms with Gasteiger partial charge in [-0.2, -0.15) is 5.26 Å². The molecule has 4 fully saturated rings. The van der Waals surface area contributed by atoms with Crippen molar-refractivity contribution in [1.82, 2.24) is 44.2 Å². The Balaban J connectivity index is 0.724. The fourth-order valence-electron chi connectivity index (χ4n) is 9.48. The normalized spacial score (nSPS) is 20.0. The average molecular weight is 858 g/mol. The van der Waals surface area contributed by atoms with E-state index in [2.05, 4.69) is 73.1 Å². The Morgan fingerprint density at radius 2 is 1.63 bits per heavy atom. The largest absolute Gasteiger partial charge is 0.487 e. The summed E-state index contributed by atoms with van der Waals surface area (Å²) in [5.74, 6) is 0.770. The van der Waals surface area contributed by atoms with Gasteiger partial charge in [-0.25, -0.2) is 24.8 Å². The quantitative estimate of drug-likeness (QED) is 0.191. The molecule has 16 heteroatoms. The number of amides is 2. The number of aromatic nitrogens is 4. The van der Waals surface area contributed by atoms with Gasteiger partial charge in [0.05, 0.1) is 28.4 Å². The zero-order valence-electron chi connectivity index (χ0n) is 35.5. The van der Waals surface area contributed by atoms with E-state index in [1.807, 2.05) is 48.7 Å². The Bertz CT molecular complexity index is 2580. The number of rotatable bonds is 11. The molecule has 322 valence electrons. The van der Waals surface area contributed by atoms with E-state index in [4.69, 9.17) is 21.3 Å². The second-order valence-electron chi connectivity index (χ2n) is 17.4. The summed E-state index contributed by atoms with van der Waals surface area (Å²) in [7, 11) is 1.76. The Morgan fingerprint density at radius 3 is 2.34 bits per heavy atom. The Labute approximate surface area is 366 Å². The van der Waals surface area contributed by atoms with E-state index >= 15 is 0 Å². The molecular formula is C46H52ClN11O4. The number of benzene rings is 3. The van der Waals surface area contributed by atoms with Crippen molar-refractivity contribution in [3.63, 3.8) is 0 Å². The van der Waals surface area contributed by atoms with Crippen molar-refractivity contribution in [2.24, 2.45) is 7.05 Å². The first-order valence-corrected chi connectivity index (χ1v) is 21.8. The maximum atomic E-state index is 13.4. The SMILES string of the molecule is Cn1c(=O)n(C2CCC(=O)NC2=O)c2cccc(CN3CC(N4CCN(N5CCN(c6nccc(COc7ccc(C(C)(C)c8cc(Cl)cc(C#N)c8)cc7)n6)CC5)CC4)C3)c21. The van der Waals surface area contributed by atoms with Gasteiger partial charge in [-0.3, -0.25) is 33.8 Å². The van der Waals surface area contributed by atoms with Gasteiger partial charge in [-0.1, -0.05) is 49.7 Å². The first kappa shape index (κ1) is 41.7. The second-order valence-corrected chi connectivity index (χ2v) is 17.8. The first-order chi connectivity index (χ1) is 29.9. The predicted molar refractivity (Wildman–Crippen MR) is 236 cm³/mol. The van der Waals surface area contributed by atoms with Crippen LogP contribution in [-0.2, 0) is 35.2 Å². The number of aryl methyl sites for hydroxylation is 1. The summed E-state index contributed by atoms with van der Waals surface area (Å²) in [5, 5.41) is 17.4. The van der Waals surface area contributed by atoms with Crippen LogP contribution in [0.2, 0.25) is 5.02 Å². The number of anilines is 1. The van der Waals surface area contributed by atoms with Crippen molar-refractivity contribution in [1.29, 1.82) is 5.26 Å². The summed E-state index contributed by atoms with van der Waals surface area (Å²) in [5.41, 5.74) is 5.50. The summed E-state index contributed by atoms with van der Waals surface area (Å²) < 4.78 is 9.36. The van der Waals surface area contributed by atoms with Crippen molar-refractivity contribution in [2.75, 3.05) is 70.3 Å². The number of halogens is 1. The molecule has 0 radical (unpaired) electrons. The number of imide groups is 1. The molecule has 0 spiro atoms. The minimum atomic E-state index is -0.687. The minimum absolute atomic E-state index is 0.223. The van der Waals surface area contributed by atoms with E-state index < -0.39 is 11.9 Å². The molecule has 5 aromatic rings. The van der Waals surface area contributed by atoms with Crippen LogP contribution in [0.3, 0.4) is 0 Å². The number of nitriles is 1. The van der Waals surface area contributed by atoms with Crippen LogP contribution in [0, 0.1) is 11.3 Å². The highest BCUT2D eigenvalue weighted by molar-refractivity contribution is 6.30. The van der Waals surface area contributed by atoms with Crippen LogP contribution in [-0.4, -0.2) is 122 Å². The molecule has 2 aromatic heterocycles. The third-order valence-electron chi connectivity index (χ3n) is 13.2. The lowest BCUT2D eigenvalue weighted by Crippen LogP contribution is -2.65. The molecule has 4 saturated heterocycles. The molecule has 6 heterocycles. The van der Waals surface area contributed by atoms with Crippen LogP contribution in [0.5, 0.6) is 5.75 Å². The summed E-state index contributed by atoms with van der Waals surface area (Å²) >= 11 is 6.31. The molecule has 62 heavy (non-hydrogen) atoms. The molecule has 9 rings (SSSR count). The highest BCUT2D eigenvalue weighted by Gasteiger charge is 2.36. The highest BCUT2D eigenvalue weighted by atomic mass is 35.5. The molecule has 15 nitrogen and oxygen atoms in total.